The molecule has 0 saturated carbocycles. The van der Waals surface area contributed by atoms with Crippen LogP contribution in [0.1, 0.15) is 96.0 Å². The van der Waals surface area contributed by atoms with E-state index in [9.17, 15) is 9.59 Å². The topological polar surface area (TPSA) is 68.1 Å². The van der Waals surface area contributed by atoms with Gasteiger partial charge in [-0.25, -0.2) is 9.59 Å². The van der Waals surface area contributed by atoms with Gasteiger partial charge in [-0.05, 0) is 24.5 Å². The fourth-order valence-corrected chi connectivity index (χ4v) is 3.65. The van der Waals surface area contributed by atoms with Crippen molar-refractivity contribution in [2.45, 2.75) is 96.8 Å². The Hall–Kier alpha value is -2.22. The second kappa shape index (κ2) is 16.7. The van der Waals surface area contributed by atoms with Crippen LogP contribution in [0.3, 0.4) is 0 Å². The molecule has 0 heterocycles. The Morgan fingerprint density at radius 1 is 0.759 bits per heavy atom. The Labute approximate surface area is 175 Å². The minimum Gasteiger partial charge on any atom is -0.494 e. The minimum absolute atomic E-state index is 0.248. The quantitative estimate of drug-likeness (QED) is 0.157. The third kappa shape index (κ3) is 10.2. The van der Waals surface area contributed by atoms with Crippen LogP contribution in [0, 0.1) is 0 Å². The van der Waals surface area contributed by atoms with Crippen LogP contribution in [-0.2, 0) is 16.0 Å². The van der Waals surface area contributed by atoms with Crippen molar-refractivity contribution in [2.75, 3.05) is 7.11 Å². The molecular formula is C24H36N2O3. The van der Waals surface area contributed by atoms with E-state index < -0.39 is 0 Å². The van der Waals surface area contributed by atoms with Crippen molar-refractivity contribution in [3.8, 4) is 5.75 Å². The van der Waals surface area contributed by atoms with E-state index in [1.807, 2.05) is 6.07 Å². The number of unbranched alkanes of at least 4 members (excludes halogenated alkanes) is 12. The van der Waals surface area contributed by atoms with E-state index in [4.69, 9.17) is 4.74 Å². The Balaban J connectivity index is 2.27. The predicted molar refractivity (Wildman–Crippen MR) is 118 cm³/mol. The largest absolute Gasteiger partial charge is 0.494 e. The summed E-state index contributed by atoms with van der Waals surface area (Å²) >= 11 is 0. The van der Waals surface area contributed by atoms with E-state index in [-0.39, 0.29) is 11.4 Å². The summed E-state index contributed by atoms with van der Waals surface area (Å²) in [5.41, 5.74) is 1.49. The van der Waals surface area contributed by atoms with E-state index in [0.717, 1.165) is 18.4 Å². The summed E-state index contributed by atoms with van der Waals surface area (Å²) in [6.07, 6.45) is 20.9. The molecule has 5 heteroatoms. The molecule has 1 aromatic rings. The van der Waals surface area contributed by atoms with Crippen LogP contribution in [-0.4, -0.2) is 19.3 Å². The summed E-state index contributed by atoms with van der Waals surface area (Å²) < 4.78 is 5.42. The normalized spacial score (nSPS) is 10.3. The van der Waals surface area contributed by atoms with Crippen molar-refractivity contribution >= 4 is 23.5 Å². The van der Waals surface area contributed by atoms with Crippen LogP contribution < -0.4 is 4.74 Å². The lowest BCUT2D eigenvalue weighted by Gasteiger charge is -2.12. The smallest absolute Gasteiger partial charge is 0.240 e. The molecule has 29 heavy (non-hydrogen) atoms. The van der Waals surface area contributed by atoms with Gasteiger partial charge in [-0.2, -0.15) is 9.98 Å². The number of carbonyl (C=O) groups excluding carboxylic acids is 2. The zero-order valence-corrected chi connectivity index (χ0v) is 18.2. The van der Waals surface area contributed by atoms with Gasteiger partial charge in [-0.3, -0.25) is 0 Å². The first kappa shape index (κ1) is 24.8. The van der Waals surface area contributed by atoms with E-state index in [1.54, 1.807) is 6.07 Å². The lowest BCUT2D eigenvalue weighted by atomic mass is 10.0. The zero-order valence-electron chi connectivity index (χ0n) is 18.2. The molecule has 1 aromatic carbocycles. The number of hydrogen-bond acceptors (Lipinski definition) is 5. The molecule has 0 radical (unpaired) electrons. The first-order valence-electron chi connectivity index (χ1n) is 11.1. The van der Waals surface area contributed by atoms with Gasteiger partial charge in [-0.1, -0.05) is 90.0 Å². The fourth-order valence-electron chi connectivity index (χ4n) is 3.65. The fraction of sp³-hybridized carbons (Fsp3) is 0.667. The van der Waals surface area contributed by atoms with Crippen LogP contribution in [0.5, 0.6) is 5.75 Å². The summed E-state index contributed by atoms with van der Waals surface area (Å²) in [7, 11) is 1.53. The third-order valence-corrected chi connectivity index (χ3v) is 5.27. The highest BCUT2D eigenvalue weighted by molar-refractivity contribution is 5.76. The Kier molecular flexibility index (Phi) is 14.3. The number of benzene rings is 1. The highest BCUT2D eigenvalue weighted by Crippen LogP contribution is 2.40. The average molecular weight is 401 g/mol. The van der Waals surface area contributed by atoms with Gasteiger partial charge in [0.05, 0.1) is 7.11 Å². The second-order valence-corrected chi connectivity index (χ2v) is 7.52. The van der Waals surface area contributed by atoms with Gasteiger partial charge in [-0.15, -0.1) is 0 Å². The molecule has 0 aromatic heterocycles. The van der Waals surface area contributed by atoms with Crippen LogP contribution >= 0.6 is 0 Å². The number of ether oxygens (including phenoxy) is 1. The van der Waals surface area contributed by atoms with E-state index >= 15 is 0 Å². The molecule has 0 saturated heterocycles. The second-order valence-electron chi connectivity index (χ2n) is 7.52. The lowest BCUT2D eigenvalue weighted by Crippen LogP contribution is -1.94. The SMILES string of the molecule is CCCCCCCCCCCCCCCc1ccc(N=C=O)c(N=C=O)c1OC. The van der Waals surface area contributed by atoms with Gasteiger partial charge < -0.3 is 4.74 Å². The van der Waals surface area contributed by atoms with Crippen molar-refractivity contribution in [3.63, 3.8) is 0 Å². The van der Waals surface area contributed by atoms with Crippen molar-refractivity contribution in [1.82, 2.24) is 0 Å². The minimum atomic E-state index is 0.248. The van der Waals surface area contributed by atoms with Gasteiger partial charge >= 0.3 is 0 Å². The van der Waals surface area contributed by atoms with E-state index in [1.165, 1.54) is 96.3 Å². The summed E-state index contributed by atoms with van der Waals surface area (Å²) in [5.74, 6) is 0.490. The summed E-state index contributed by atoms with van der Waals surface area (Å²) in [5, 5.41) is 0. The van der Waals surface area contributed by atoms with Gasteiger partial charge in [0.1, 0.15) is 11.4 Å². The molecule has 0 bridgehead atoms. The molecule has 160 valence electrons. The molecule has 0 unspecified atom stereocenters. The number of methoxy groups -OCH3 is 1. The van der Waals surface area contributed by atoms with Gasteiger partial charge in [0.25, 0.3) is 0 Å². The van der Waals surface area contributed by atoms with Crippen LogP contribution in [0.4, 0.5) is 11.4 Å². The van der Waals surface area contributed by atoms with Crippen LogP contribution in [0.15, 0.2) is 22.1 Å². The molecule has 0 fully saturated rings. The summed E-state index contributed by atoms with van der Waals surface area (Å²) in [4.78, 5) is 28.5. The van der Waals surface area contributed by atoms with Gasteiger partial charge in [0.15, 0.2) is 5.75 Å². The van der Waals surface area contributed by atoms with Crippen molar-refractivity contribution in [1.29, 1.82) is 0 Å². The van der Waals surface area contributed by atoms with Crippen molar-refractivity contribution in [2.24, 2.45) is 9.98 Å². The Morgan fingerprint density at radius 2 is 1.28 bits per heavy atom. The molecule has 0 atom stereocenters. The maximum absolute atomic E-state index is 10.7. The molecule has 0 N–H and O–H groups in total. The Bertz CT molecular complexity index is 675. The number of nitrogens with zero attached hydrogens (tertiary/aromatic N) is 2. The highest BCUT2D eigenvalue weighted by Gasteiger charge is 2.13. The van der Waals surface area contributed by atoms with Crippen LogP contribution in [0.25, 0.3) is 0 Å². The Morgan fingerprint density at radius 3 is 1.76 bits per heavy atom. The molecule has 0 aliphatic rings. The lowest BCUT2D eigenvalue weighted by molar-refractivity contribution is 0.410. The van der Waals surface area contributed by atoms with Gasteiger partial charge in [0.2, 0.25) is 12.2 Å². The number of aryl methyl sites for hydroxylation is 1. The average Bonchev–Trinajstić information content (AvgIpc) is 2.73. The molecule has 0 spiro atoms. The molecular weight excluding hydrogens is 364 g/mol. The van der Waals surface area contributed by atoms with E-state index in [2.05, 4.69) is 16.9 Å². The van der Waals surface area contributed by atoms with Crippen LogP contribution in [0.2, 0.25) is 0 Å². The molecule has 0 aliphatic carbocycles. The maximum atomic E-state index is 10.7. The standard InChI is InChI=1S/C24H36N2O3/c1-3-4-5-6-7-8-9-10-11-12-13-14-15-16-21-17-18-22(25-19-27)23(26-20-28)24(21)29-2/h17-18H,3-16H2,1-2H3. The van der Waals surface area contributed by atoms with Gasteiger partial charge in [0, 0.05) is 0 Å². The summed E-state index contributed by atoms with van der Waals surface area (Å²) in [6.45, 7) is 2.26. The van der Waals surface area contributed by atoms with Crippen molar-refractivity contribution in [3.05, 3.63) is 17.7 Å². The van der Waals surface area contributed by atoms with E-state index in [0.29, 0.717) is 5.75 Å². The number of hydrogen-bond donors (Lipinski definition) is 0. The first-order valence-corrected chi connectivity index (χ1v) is 11.1. The molecule has 5 nitrogen and oxygen atoms in total. The van der Waals surface area contributed by atoms with Crippen molar-refractivity contribution < 1.29 is 14.3 Å². The third-order valence-electron chi connectivity index (χ3n) is 5.27. The zero-order chi connectivity index (χ0) is 21.2. The first-order chi connectivity index (χ1) is 14.3. The molecule has 1 rings (SSSR count). The number of isocyanates is 2. The summed E-state index contributed by atoms with van der Waals surface area (Å²) in [6, 6.07) is 3.54. The number of aliphatic imine (C=N–C) groups is 2. The monoisotopic (exact) mass is 400 g/mol. The highest BCUT2D eigenvalue weighted by atomic mass is 16.5. The predicted octanol–water partition coefficient (Wildman–Crippen LogP) is 7.26. The number of rotatable bonds is 17. The molecule has 0 aliphatic heterocycles. The molecule has 0 amide bonds. The maximum Gasteiger partial charge on any atom is 0.240 e.